The van der Waals surface area contributed by atoms with Crippen LogP contribution in [0.2, 0.25) is 0 Å². The van der Waals surface area contributed by atoms with Crippen molar-refractivity contribution in [3.05, 3.63) is 24.4 Å². The minimum Gasteiger partial charge on any atom is -0.261 e. The summed E-state index contributed by atoms with van der Waals surface area (Å²) in [6.07, 6.45) is 5.49. The number of pyridine rings is 1. The second kappa shape index (κ2) is 5.98. The molecule has 1 aromatic rings. The molecule has 98 valence electrons. The van der Waals surface area contributed by atoms with Gasteiger partial charge in [-0.2, -0.15) is 5.10 Å². The molecule has 0 radical (unpaired) electrons. The molecule has 1 aromatic heterocycles. The molecule has 0 unspecified atom stereocenters. The highest BCUT2D eigenvalue weighted by Gasteiger charge is 2.26. The zero-order chi connectivity index (χ0) is 13.0. The van der Waals surface area contributed by atoms with E-state index in [1.807, 2.05) is 18.2 Å². The Morgan fingerprint density at radius 1 is 1.33 bits per heavy atom. The summed E-state index contributed by atoms with van der Waals surface area (Å²) in [4.78, 5) is 4.23. The fourth-order valence-electron chi connectivity index (χ4n) is 2.65. The number of anilines is 1. The highest BCUT2D eigenvalue weighted by atomic mass is 15.3. The molecule has 0 amide bonds. The van der Waals surface area contributed by atoms with Crippen LogP contribution in [0.5, 0.6) is 0 Å². The number of rotatable bonds is 3. The standard InChI is InChI=1S/C15H23N3/c1-11(2)13-8-7-12(3)10-14(13)17-18-15-6-4-5-9-16-15/h4-6,9,11-13H,7-8,10H2,1-3H3,(H,16,18)/b17-14-/t12-,13-/m1/s1. The van der Waals surface area contributed by atoms with Crippen LogP contribution < -0.4 is 5.43 Å². The Morgan fingerprint density at radius 2 is 2.17 bits per heavy atom. The molecule has 1 saturated carbocycles. The van der Waals surface area contributed by atoms with E-state index in [1.165, 1.54) is 18.6 Å². The molecule has 0 bridgehead atoms. The fraction of sp³-hybridized carbons (Fsp3) is 0.600. The molecule has 18 heavy (non-hydrogen) atoms. The molecule has 0 spiro atoms. The van der Waals surface area contributed by atoms with E-state index < -0.39 is 0 Å². The highest BCUT2D eigenvalue weighted by Crippen LogP contribution is 2.31. The molecular weight excluding hydrogens is 222 g/mol. The van der Waals surface area contributed by atoms with Crippen molar-refractivity contribution >= 4 is 11.5 Å². The van der Waals surface area contributed by atoms with Crippen LogP contribution in [0.3, 0.4) is 0 Å². The summed E-state index contributed by atoms with van der Waals surface area (Å²) in [6, 6.07) is 5.83. The lowest BCUT2D eigenvalue weighted by Crippen LogP contribution is -2.28. The van der Waals surface area contributed by atoms with Crippen molar-refractivity contribution in [3.63, 3.8) is 0 Å². The van der Waals surface area contributed by atoms with Gasteiger partial charge in [-0.15, -0.1) is 0 Å². The monoisotopic (exact) mass is 245 g/mol. The molecule has 1 aliphatic carbocycles. The number of hydrogen-bond acceptors (Lipinski definition) is 3. The summed E-state index contributed by atoms with van der Waals surface area (Å²) < 4.78 is 0. The van der Waals surface area contributed by atoms with E-state index in [0.717, 1.165) is 18.2 Å². The van der Waals surface area contributed by atoms with Crippen LogP contribution >= 0.6 is 0 Å². The Hall–Kier alpha value is -1.38. The minimum atomic E-state index is 0.623. The highest BCUT2D eigenvalue weighted by molar-refractivity contribution is 5.88. The molecule has 0 saturated heterocycles. The van der Waals surface area contributed by atoms with Crippen molar-refractivity contribution in [3.8, 4) is 0 Å². The summed E-state index contributed by atoms with van der Waals surface area (Å²) in [5.74, 6) is 2.87. The van der Waals surface area contributed by atoms with E-state index in [4.69, 9.17) is 0 Å². The summed E-state index contributed by atoms with van der Waals surface area (Å²) in [5.41, 5.74) is 4.41. The van der Waals surface area contributed by atoms with Gasteiger partial charge in [-0.3, -0.25) is 5.43 Å². The zero-order valence-electron chi connectivity index (χ0n) is 11.6. The molecule has 1 fully saturated rings. The Labute approximate surface area is 110 Å². The van der Waals surface area contributed by atoms with Gasteiger partial charge in [0.15, 0.2) is 0 Å². The topological polar surface area (TPSA) is 37.3 Å². The third-order valence-electron chi connectivity index (χ3n) is 3.74. The summed E-state index contributed by atoms with van der Waals surface area (Å²) in [6.45, 7) is 6.89. The molecule has 2 rings (SSSR count). The molecular formula is C15H23N3. The average molecular weight is 245 g/mol. The lowest BCUT2D eigenvalue weighted by molar-refractivity contribution is 0.364. The molecule has 3 nitrogen and oxygen atoms in total. The number of hydrogen-bond donors (Lipinski definition) is 1. The van der Waals surface area contributed by atoms with Gasteiger partial charge < -0.3 is 0 Å². The first kappa shape index (κ1) is 13.1. The number of nitrogens with one attached hydrogen (secondary N) is 1. The maximum atomic E-state index is 4.61. The van der Waals surface area contributed by atoms with E-state index in [2.05, 4.69) is 36.3 Å². The van der Waals surface area contributed by atoms with Gasteiger partial charge >= 0.3 is 0 Å². The maximum absolute atomic E-state index is 4.61. The maximum Gasteiger partial charge on any atom is 0.146 e. The van der Waals surface area contributed by atoms with E-state index in [1.54, 1.807) is 6.20 Å². The first-order valence-electron chi connectivity index (χ1n) is 6.90. The second-order valence-corrected chi connectivity index (χ2v) is 5.67. The predicted molar refractivity (Wildman–Crippen MR) is 76.6 cm³/mol. The quantitative estimate of drug-likeness (QED) is 0.819. The van der Waals surface area contributed by atoms with Crippen molar-refractivity contribution in [1.29, 1.82) is 0 Å². The Kier molecular flexibility index (Phi) is 4.34. The van der Waals surface area contributed by atoms with E-state index >= 15 is 0 Å². The SMILES string of the molecule is CC(C)[C@H]1CC[C@@H](C)C/C1=N/Nc1ccccn1. The Morgan fingerprint density at radius 3 is 2.83 bits per heavy atom. The number of nitrogens with zero attached hydrogens (tertiary/aromatic N) is 2. The molecule has 1 heterocycles. The molecule has 1 N–H and O–H groups in total. The number of hydrazone groups is 1. The fourth-order valence-corrected chi connectivity index (χ4v) is 2.65. The van der Waals surface area contributed by atoms with Crippen LogP contribution in [0.4, 0.5) is 5.82 Å². The third kappa shape index (κ3) is 3.31. The predicted octanol–water partition coefficient (Wildman–Crippen LogP) is 3.94. The smallest absolute Gasteiger partial charge is 0.146 e. The van der Waals surface area contributed by atoms with Crippen LogP contribution in [-0.2, 0) is 0 Å². The number of aromatic nitrogens is 1. The summed E-state index contributed by atoms with van der Waals surface area (Å²) in [7, 11) is 0. The van der Waals surface area contributed by atoms with Gasteiger partial charge in [-0.05, 0) is 43.2 Å². The third-order valence-corrected chi connectivity index (χ3v) is 3.74. The van der Waals surface area contributed by atoms with Gasteiger partial charge in [0, 0.05) is 17.8 Å². The van der Waals surface area contributed by atoms with Gasteiger partial charge in [0.25, 0.3) is 0 Å². The van der Waals surface area contributed by atoms with Crippen molar-refractivity contribution in [2.75, 3.05) is 5.43 Å². The van der Waals surface area contributed by atoms with Gasteiger partial charge in [0.2, 0.25) is 0 Å². The summed E-state index contributed by atoms with van der Waals surface area (Å²) >= 11 is 0. The molecule has 0 aliphatic heterocycles. The second-order valence-electron chi connectivity index (χ2n) is 5.67. The van der Waals surface area contributed by atoms with Crippen LogP contribution in [-0.4, -0.2) is 10.7 Å². The van der Waals surface area contributed by atoms with Crippen LogP contribution in [0.1, 0.15) is 40.0 Å². The Balaban J connectivity index is 2.07. The molecule has 0 aromatic carbocycles. The zero-order valence-corrected chi connectivity index (χ0v) is 11.6. The van der Waals surface area contributed by atoms with Crippen LogP contribution in [0.25, 0.3) is 0 Å². The van der Waals surface area contributed by atoms with Crippen molar-refractivity contribution in [2.24, 2.45) is 22.9 Å². The largest absolute Gasteiger partial charge is 0.261 e. The van der Waals surface area contributed by atoms with Crippen LogP contribution in [0, 0.1) is 17.8 Å². The normalized spacial score (nSPS) is 26.6. The van der Waals surface area contributed by atoms with Gasteiger partial charge in [0.1, 0.15) is 5.82 Å². The Bertz CT molecular complexity index is 397. The average Bonchev–Trinajstić information content (AvgIpc) is 2.37. The van der Waals surface area contributed by atoms with Crippen molar-refractivity contribution < 1.29 is 0 Å². The van der Waals surface area contributed by atoms with Crippen LogP contribution in [0.15, 0.2) is 29.5 Å². The van der Waals surface area contributed by atoms with E-state index in [-0.39, 0.29) is 0 Å². The van der Waals surface area contributed by atoms with Crippen molar-refractivity contribution in [2.45, 2.75) is 40.0 Å². The molecule has 3 heteroatoms. The van der Waals surface area contributed by atoms with E-state index in [9.17, 15) is 0 Å². The first-order valence-corrected chi connectivity index (χ1v) is 6.90. The lowest BCUT2D eigenvalue weighted by Gasteiger charge is -2.30. The van der Waals surface area contributed by atoms with Crippen molar-refractivity contribution in [1.82, 2.24) is 4.98 Å². The van der Waals surface area contributed by atoms with Gasteiger partial charge in [0.05, 0.1) is 0 Å². The first-order chi connectivity index (χ1) is 8.66. The lowest BCUT2D eigenvalue weighted by atomic mass is 9.76. The van der Waals surface area contributed by atoms with Gasteiger partial charge in [-0.1, -0.05) is 26.8 Å². The summed E-state index contributed by atoms with van der Waals surface area (Å²) in [5, 5.41) is 4.61. The van der Waals surface area contributed by atoms with Gasteiger partial charge in [-0.25, -0.2) is 4.98 Å². The van der Waals surface area contributed by atoms with E-state index in [0.29, 0.717) is 11.8 Å². The minimum absolute atomic E-state index is 0.623. The molecule has 2 atom stereocenters. The molecule has 1 aliphatic rings.